The molecule has 0 aliphatic heterocycles. The quantitative estimate of drug-likeness (QED) is 0.812. The van der Waals surface area contributed by atoms with E-state index in [4.69, 9.17) is 5.11 Å². The first-order valence-electron chi connectivity index (χ1n) is 4.15. The summed E-state index contributed by atoms with van der Waals surface area (Å²) in [6.45, 7) is 2.02. The Labute approximate surface area is 89.5 Å². The van der Waals surface area contributed by atoms with Crippen LogP contribution in [0.1, 0.15) is 28.9 Å². The van der Waals surface area contributed by atoms with Gasteiger partial charge in [0.25, 0.3) is 0 Å². The van der Waals surface area contributed by atoms with Gasteiger partial charge in [-0.05, 0) is 31.7 Å². The van der Waals surface area contributed by atoms with E-state index in [1.807, 2.05) is 26.1 Å². The normalized spacial score (nSPS) is 11.6. The van der Waals surface area contributed by atoms with Crippen LogP contribution in [0.5, 0.6) is 0 Å². The predicted octanol–water partition coefficient (Wildman–Crippen LogP) is 2.09. The summed E-state index contributed by atoms with van der Waals surface area (Å²) in [6, 6.07) is 7.13. The third-order valence-electron chi connectivity index (χ3n) is 2.09. The molecule has 0 saturated carbocycles. The van der Waals surface area contributed by atoms with Crippen molar-refractivity contribution >= 4 is 18.4 Å². The molecule has 4 heteroatoms. The van der Waals surface area contributed by atoms with Crippen molar-refractivity contribution in [2.24, 2.45) is 0 Å². The Morgan fingerprint density at radius 2 is 1.86 bits per heavy atom. The van der Waals surface area contributed by atoms with Crippen LogP contribution >= 0.6 is 12.4 Å². The molecule has 0 bridgehead atoms. The van der Waals surface area contributed by atoms with Crippen LogP contribution in [0.3, 0.4) is 0 Å². The molecule has 1 aromatic rings. The summed E-state index contributed by atoms with van der Waals surface area (Å²) in [5.41, 5.74) is 1.42. The number of carbonyl (C=O) groups is 1. The molecule has 1 rings (SSSR count). The van der Waals surface area contributed by atoms with Crippen LogP contribution < -0.4 is 5.32 Å². The number of hydrogen-bond acceptors (Lipinski definition) is 2. The molecule has 0 aromatic heterocycles. The van der Waals surface area contributed by atoms with E-state index in [2.05, 4.69) is 5.32 Å². The highest BCUT2D eigenvalue weighted by Gasteiger charge is 2.04. The first-order chi connectivity index (χ1) is 6.15. The van der Waals surface area contributed by atoms with Crippen molar-refractivity contribution in [3.63, 3.8) is 0 Å². The van der Waals surface area contributed by atoms with Crippen molar-refractivity contribution in [3.8, 4) is 0 Å². The molecule has 78 valence electrons. The van der Waals surface area contributed by atoms with E-state index in [1.54, 1.807) is 12.1 Å². The van der Waals surface area contributed by atoms with Crippen LogP contribution in [0.4, 0.5) is 0 Å². The van der Waals surface area contributed by atoms with Crippen molar-refractivity contribution in [2.75, 3.05) is 7.05 Å². The van der Waals surface area contributed by atoms with E-state index < -0.39 is 5.97 Å². The topological polar surface area (TPSA) is 49.3 Å². The molecule has 0 spiro atoms. The Hall–Kier alpha value is -1.06. The zero-order chi connectivity index (χ0) is 9.84. The van der Waals surface area contributed by atoms with Gasteiger partial charge in [-0.3, -0.25) is 0 Å². The Morgan fingerprint density at radius 3 is 2.21 bits per heavy atom. The van der Waals surface area contributed by atoms with Gasteiger partial charge in [-0.1, -0.05) is 12.1 Å². The van der Waals surface area contributed by atoms with Crippen LogP contribution in [0.25, 0.3) is 0 Å². The van der Waals surface area contributed by atoms with E-state index in [1.165, 1.54) is 0 Å². The second-order valence-corrected chi connectivity index (χ2v) is 2.94. The molecule has 0 amide bonds. The minimum atomic E-state index is -0.885. The Bertz CT molecular complexity index is 297. The third kappa shape index (κ3) is 3.01. The standard InChI is InChI=1S/C10H13NO2.ClH/c1-7(11-2)8-3-5-9(6-4-8)10(12)13;/h3-7,11H,1-2H3,(H,12,13);1H/t7-;/m1./s1. The largest absolute Gasteiger partial charge is 0.478 e. The molecule has 0 heterocycles. The molecular formula is C10H14ClNO2. The van der Waals surface area contributed by atoms with E-state index in [9.17, 15) is 4.79 Å². The van der Waals surface area contributed by atoms with Crippen LogP contribution in [0.2, 0.25) is 0 Å². The van der Waals surface area contributed by atoms with E-state index in [-0.39, 0.29) is 18.4 Å². The second-order valence-electron chi connectivity index (χ2n) is 2.94. The maximum atomic E-state index is 10.5. The minimum Gasteiger partial charge on any atom is -0.478 e. The summed E-state index contributed by atoms with van der Waals surface area (Å²) < 4.78 is 0. The van der Waals surface area contributed by atoms with Crippen LogP contribution in [0.15, 0.2) is 24.3 Å². The predicted molar refractivity (Wildman–Crippen MR) is 58.1 cm³/mol. The van der Waals surface area contributed by atoms with Crippen LogP contribution in [-0.2, 0) is 0 Å². The zero-order valence-corrected chi connectivity index (χ0v) is 8.97. The highest BCUT2D eigenvalue weighted by molar-refractivity contribution is 5.87. The third-order valence-corrected chi connectivity index (χ3v) is 2.09. The lowest BCUT2D eigenvalue weighted by atomic mass is 10.1. The van der Waals surface area contributed by atoms with Crippen molar-refractivity contribution in [3.05, 3.63) is 35.4 Å². The van der Waals surface area contributed by atoms with E-state index in [0.717, 1.165) is 5.56 Å². The molecule has 1 atom stereocenters. The van der Waals surface area contributed by atoms with Crippen LogP contribution in [-0.4, -0.2) is 18.1 Å². The number of rotatable bonds is 3. The number of nitrogens with one attached hydrogen (secondary N) is 1. The van der Waals surface area contributed by atoms with Gasteiger partial charge in [-0.2, -0.15) is 0 Å². The molecule has 0 aliphatic carbocycles. The molecular weight excluding hydrogens is 202 g/mol. The molecule has 3 nitrogen and oxygen atoms in total. The summed E-state index contributed by atoms with van der Waals surface area (Å²) in [7, 11) is 1.87. The minimum absolute atomic E-state index is 0. The van der Waals surface area contributed by atoms with Crippen LogP contribution in [0, 0.1) is 0 Å². The van der Waals surface area contributed by atoms with Crippen molar-refractivity contribution in [1.29, 1.82) is 0 Å². The van der Waals surface area contributed by atoms with Gasteiger partial charge in [0.2, 0.25) is 0 Å². The highest BCUT2D eigenvalue weighted by atomic mass is 35.5. The lowest BCUT2D eigenvalue weighted by molar-refractivity contribution is 0.0697. The molecule has 0 saturated heterocycles. The highest BCUT2D eigenvalue weighted by Crippen LogP contribution is 2.12. The van der Waals surface area contributed by atoms with Gasteiger partial charge >= 0.3 is 5.97 Å². The lowest BCUT2D eigenvalue weighted by Crippen LogP contribution is -2.12. The lowest BCUT2D eigenvalue weighted by Gasteiger charge is -2.09. The first kappa shape index (κ1) is 12.9. The number of hydrogen-bond donors (Lipinski definition) is 2. The molecule has 0 unspecified atom stereocenters. The summed E-state index contributed by atoms with van der Waals surface area (Å²) in [6.07, 6.45) is 0. The second kappa shape index (κ2) is 5.62. The average molecular weight is 216 g/mol. The van der Waals surface area contributed by atoms with E-state index >= 15 is 0 Å². The molecule has 2 N–H and O–H groups in total. The number of aromatic carboxylic acids is 1. The number of carboxylic acid groups (broad SMARTS) is 1. The first-order valence-corrected chi connectivity index (χ1v) is 4.15. The van der Waals surface area contributed by atoms with Gasteiger partial charge in [0.05, 0.1) is 5.56 Å². The van der Waals surface area contributed by atoms with Crippen molar-refractivity contribution < 1.29 is 9.90 Å². The fraction of sp³-hybridized carbons (Fsp3) is 0.300. The molecule has 1 aromatic carbocycles. The molecule has 14 heavy (non-hydrogen) atoms. The van der Waals surface area contributed by atoms with E-state index in [0.29, 0.717) is 5.56 Å². The molecule has 0 aliphatic rings. The Morgan fingerprint density at radius 1 is 1.36 bits per heavy atom. The monoisotopic (exact) mass is 215 g/mol. The van der Waals surface area contributed by atoms with Gasteiger partial charge in [0.15, 0.2) is 0 Å². The average Bonchev–Trinajstić information content (AvgIpc) is 2.17. The summed E-state index contributed by atoms with van der Waals surface area (Å²) in [5, 5.41) is 11.7. The van der Waals surface area contributed by atoms with Gasteiger partial charge in [0.1, 0.15) is 0 Å². The fourth-order valence-corrected chi connectivity index (χ4v) is 1.08. The number of carboxylic acids is 1. The summed E-state index contributed by atoms with van der Waals surface area (Å²) >= 11 is 0. The van der Waals surface area contributed by atoms with Crippen molar-refractivity contribution in [2.45, 2.75) is 13.0 Å². The van der Waals surface area contributed by atoms with Gasteiger partial charge in [-0.15, -0.1) is 12.4 Å². The summed E-state index contributed by atoms with van der Waals surface area (Å²) in [4.78, 5) is 10.5. The zero-order valence-electron chi connectivity index (χ0n) is 8.15. The number of benzene rings is 1. The summed E-state index contributed by atoms with van der Waals surface area (Å²) in [5.74, 6) is -0.885. The SMILES string of the molecule is CN[C@H](C)c1ccc(C(=O)O)cc1.Cl. The Balaban J connectivity index is 0.00000169. The maximum absolute atomic E-state index is 10.5. The maximum Gasteiger partial charge on any atom is 0.335 e. The fourth-order valence-electron chi connectivity index (χ4n) is 1.08. The smallest absolute Gasteiger partial charge is 0.335 e. The van der Waals surface area contributed by atoms with Gasteiger partial charge < -0.3 is 10.4 Å². The van der Waals surface area contributed by atoms with Gasteiger partial charge in [-0.25, -0.2) is 4.79 Å². The van der Waals surface area contributed by atoms with Crippen molar-refractivity contribution in [1.82, 2.24) is 5.32 Å². The molecule has 0 radical (unpaired) electrons. The van der Waals surface area contributed by atoms with Gasteiger partial charge in [0, 0.05) is 6.04 Å². The number of halogens is 1. The Kier molecular flexibility index (Phi) is 5.20. The molecule has 0 fully saturated rings.